The van der Waals surface area contributed by atoms with Crippen molar-refractivity contribution in [3.8, 4) is 0 Å². The number of hydrogen-bond donors (Lipinski definition) is 5. The second-order valence-electron chi connectivity index (χ2n) is 11.0. The number of halogens is 6. The average molecular weight is 668 g/mol. The lowest BCUT2D eigenvalue weighted by atomic mass is 9.73. The molecular formula is C27H31F6N5O8. The Morgan fingerprint density at radius 2 is 1.46 bits per heavy atom. The van der Waals surface area contributed by atoms with E-state index in [9.17, 15) is 45.5 Å². The summed E-state index contributed by atoms with van der Waals surface area (Å²) >= 11 is 0. The molecule has 4 amide bonds. The summed E-state index contributed by atoms with van der Waals surface area (Å²) < 4.78 is 63.5. The third kappa shape index (κ3) is 9.15. The van der Waals surface area contributed by atoms with E-state index in [1.165, 1.54) is 25.9 Å². The monoisotopic (exact) mass is 667 g/mol. The zero-order chi connectivity index (χ0) is 34.4. The molecule has 0 aliphatic carbocycles. The highest BCUT2D eigenvalue weighted by Gasteiger charge is 2.45. The summed E-state index contributed by atoms with van der Waals surface area (Å²) in [5.41, 5.74) is 1.96. The van der Waals surface area contributed by atoms with Crippen molar-refractivity contribution < 1.29 is 65.3 Å². The van der Waals surface area contributed by atoms with Crippen LogP contribution in [0.4, 0.5) is 32.0 Å². The van der Waals surface area contributed by atoms with Crippen LogP contribution in [-0.2, 0) is 19.2 Å². The molecule has 254 valence electrons. The molecule has 46 heavy (non-hydrogen) atoms. The predicted octanol–water partition coefficient (Wildman–Crippen LogP) is 1.84. The van der Waals surface area contributed by atoms with Gasteiger partial charge in [-0.1, -0.05) is 0 Å². The molecule has 5 rings (SSSR count). The Hall–Kier alpha value is -4.26. The van der Waals surface area contributed by atoms with Gasteiger partial charge in [0.1, 0.15) is 6.04 Å². The second-order valence-corrected chi connectivity index (χ2v) is 11.0. The molecule has 1 unspecified atom stereocenters. The molecule has 13 nitrogen and oxygen atoms in total. The van der Waals surface area contributed by atoms with Crippen molar-refractivity contribution in [3.63, 3.8) is 0 Å². The Kier molecular flexibility index (Phi) is 11.4. The van der Waals surface area contributed by atoms with Crippen LogP contribution < -0.4 is 16.0 Å². The molecule has 19 heteroatoms. The van der Waals surface area contributed by atoms with E-state index in [-0.39, 0.29) is 18.7 Å². The SMILES string of the molecule is O=C(O)C(F)(F)F.O=C(O)C(F)(F)F.O=C1CCC(N2C(=O)c3ccc(NCCCN4CCC5(CC4)CNC5)cc3C2=O)C(=O)N1. The van der Waals surface area contributed by atoms with E-state index in [1.807, 2.05) is 0 Å². The predicted molar refractivity (Wildman–Crippen MR) is 145 cm³/mol. The van der Waals surface area contributed by atoms with Crippen LogP contribution in [0.2, 0.25) is 0 Å². The lowest BCUT2D eigenvalue weighted by Gasteiger charge is -2.48. The number of carbonyl (C=O) groups excluding carboxylic acids is 4. The van der Waals surface area contributed by atoms with Crippen LogP contribution in [0.25, 0.3) is 0 Å². The summed E-state index contributed by atoms with van der Waals surface area (Å²) in [6, 6.07) is 4.19. The van der Waals surface area contributed by atoms with Gasteiger partial charge < -0.3 is 25.7 Å². The maximum absolute atomic E-state index is 12.9. The first kappa shape index (κ1) is 36.2. The number of likely N-dealkylation sites (tertiary alicyclic amines) is 1. The fourth-order valence-electron chi connectivity index (χ4n) is 5.20. The van der Waals surface area contributed by atoms with Gasteiger partial charge in [-0.25, -0.2) is 9.59 Å². The fourth-order valence-corrected chi connectivity index (χ4v) is 5.20. The quantitative estimate of drug-likeness (QED) is 0.169. The molecule has 5 N–H and O–H groups in total. The standard InChI is InChI=1S/C23H29N5O4.2C2HF3O2/c29-19-5-4-18(20(30)26-19)28-21(31)16-3-2-15(12-17(16)22(28)32)25-8-1-9-27-10-6-23(7-11-27)13-24-14-23;2*3-2(4,5)1(6)7/h2-3,12,18,24-25H,1,4-11,13-14H2,(H,26,29,30);2*(H,6,7). The van der Waals surface area contributed by atoms with Crippen LogP contribution in [0, 0.1) is 5.41 Å². The molecule has 0 saturated carbocycles. The number of piperidine rings is 2. The summed E-state index contributed by atoms with van der Waals surface area (Å²) in [5, 5.41) is 23.2. The topological polar surface area (TPSA) is 185 Å². The Bertz CT molecular complexity index is 1330. The van der Waals surface area contributed by atoms with Crippen LogP contribution in [-0.4, -0.2) is 113 Å². The lowest BCUT2D eigenvalue weighted by molar-refractivity contribution is -0.193. The van der Waals surface area contributed by atoms with E-state index < -0.39 is 48.1 Å². The van der Waals surface area contributed by atoms with Crippen LogP contribution in [0.15, 0.2) is 18.2 Å². The van der Waals surface area contributed by atoms with Crippen molar-refractivity contribution in [2.45, 2.75) is 50.5 Å². The number of aliphatic carboxylic acids is 2. The fraction of sp³-hybridized carbons (Fsp3) is 0.556. The number of amides is 4. The molecule has 4 aliphatic rings. The van der Waals surface area contributed by atoms with Crippen molar-refractivity contribution in [1.82, 2.24) is 20.4 Å². The molecule has 4 aliphatic heterocycles. The number of anilines is 1. The molecule has 1 aromatic carbocycles. The van der Waals surface area contributed by atoms with Crippen LogP contribution in [0.3, 0.4) is 0 Å². The first-order valence-corrected chi connectivity index (χ1v) is 14.0. The van der Waals surface area contributed by atoms with E-state index in [0.29, 0.717) is 16.5 Å². The Labute approximate surface area is 257 Å². The molecule has 0 radical (unpaired) electrons. The van der Waals surface area contributed by atoms with Crippen molar-refractivity contribution >= 4 is 41.3 Å². The number of carbonyl (C=O) groups is 6. The third-order valence-corrected chi connectivity index (χ3v) is 7.82. The van der Waals surface area contributed by atoms with Gasteiger partial charge in [0.2, 0.25) is 11.8 Å². The minimum absolute atomic E-state index is 0.117. The summed E-state index contributed by atoms with van der Waals surface area (Å²) in [6.07, 6.45) is -6.34. The molecule has 1 atom stereocenters. The van der Waals surface area contributed by atoms with Crippen molar-refractivity contribution in [2.24, 2.45) is 5.41 Å². The van der Waals surface area contributed by atoms with Gasteiger partial charge in [0.05, 0.1) is 11.1 Å². The summed E-state index contributed by atoms with van der Waals surface area (Å²) in [5.74, 6) is -7.43. The van der Waals surface area contributed by atoms with Crippen molar-refractivity contribution in [1.29, 1.82) is 0 Å². The summed E-state index contributed by atoms with van der Waals surface area (Å²) in [4.78, 5) is 70.5. The number of nitrogens with one attached hydrogen (secondary N) is 3. The second kappa shape index (κ2) is 14.4. The number of fused-ring (bicyclic) bond motifs is 1. The molecule has 3 saturated heterocycles. The van der Waals surface area contributed by atoms with Gasteiger partial charge in [-0.15, -0.1) is 0 Å². The molecular weight excluding hydrogens is 636 g/mol. The number of alkyl halides is 6. The molecule has 3 fully saturated rings. The Balaban J connectivity index is 0.000000345. The number of imide groups is 2. The molecule has 0 bridgehead atoms. The number of carboxylic acid groups (broad SMARTS) is 2. The maximum atomic E-state index is 12.9. The first-order chi connectivity index (χ1) is 21.3. The molecule has 0 aromatic heterocycles. The van der Waals surface area contributed by atoms with Crippen molar-refractivity contribution in [2.75, 3.05) is 44.6 Å². The van der Waals surface area contributed by atoms with E-state index in [1.54, 1.807) is 18.2 Å². The number of carboxylic acids is 2. The average Bonchev–Trinajstić information content (AvgIpc) is 3.19. The highest BCUT2D eigenvalue weighted by atomic mass is 19.4. The van der Waals surface area contributed by atoms with Gasteiger partial charge in [0.15, 0.2) is 0 Å². The van der Waals surface area contributed by atoms with Gasteiger partial charge in [-0.2, -0.15) is 26.3 Å². The highest BCUT2D eigenvalue weighted by molar-refractivity contribution is 6.23. The normalized spacial score (nSPS) is 20.8. The van der Waals surface area contributed by atoms with Crippen LogP contribution in [0.5, 0.6) is 0 Å². The van der Waals surface area contributed by atoms with Gasteiger partial charge in [0.25, 0.3) is 11.8 Å². The minimum Gasteiger partial charge on any atom is -0.475 e. The van der Waals surface area contributed by atoms with E-state index in [4.69, 9.17) is 19.8 Å². The molecule has 4 heterocycles. The Morgan fingerprint density at radius 1 is 0.913 bits per heavy atom. The van der Waals surface area contributed by atoms with Crippen LogP contribution in [0.1, 0.15) is 52.8 Å². The first-order valence-electron chi connectivity index (χ1n) is 14.0. The van der Waals surface area contributed by atoms with Gasteiger partial charge >= 0.3 is 24.3 Å². The minimum atomic E-state index is -5.08. The van der Waals surface area contributed by atoms with E-state index in [0.717, 1.165) is 43.2 Å². The molecule has 1 spiro atoms. The smallest absolute Gasteiger partial charge is 0.475 e. The van der Waals surface area contributed by atoms with E-state index in [2.05, 4.69) is 20.9 Å². The number of nitrogens with zero attached hydrogens (tertiary/aromatic N) is 2. The van der Waals surface area contributed by atoms with Crippen molar-refractivity contribution in [3.05, 3.63) is 29.3 Å². The van der Waals surface area contributed by atoms with Crippen LogP contribution >= 0.6 is 0 Å². The zero-order valence-electron chi connectivity index (χ0n) is 24.1. The third-order valence-electron chi connectivity index (χ3n) is 7.82. The molecule has 1 aromatic rings. The lowest BCUT2D eigenvalue weighted by Crippen LogP contribution is -2.58. The number of hydrogen-bond acceptors (Lipinski definition) is 9. The highest BCUT2D eigenvalue weighted by Crippen LogP contribution is 2.35. The van der Waals surface area contributed by atoms with Gasteiger partial charge in [-0.3, -0.25) is 29.4 Å². The summed E-state index contributed by atoms with van der Waals surface area (Å²) in [6.45, 7) is 6.48. The largest absolute Gasteiger partial charge is 0.490 e. The van der Waals surface area contributed by atoms with Gasteiger partial charge in [-0.05, 0) is 68.9 Å². The number of benzene rings is 1. The number of rotatable bonds is 6. The maximum Gasteiger partial charge on any atom is 0.490 e. The van der Waals surface area contributed by atoms with E-state index >= 15 is 0 Å². The zero-order valence-corrected chi connectivity index (χ0v) is 24.1. The van der Waals surface area contributed by atoms with Gasteiger partial charge in [0, 0.05) is 31.7 Å². The Morgan fingerprint density at radius 3 is 1.93 bits per heavy atom. The summed E-state index contributed by atoms with van der Waals surface area (Å²) in [7, 11) is 0.